The Labute approximate surface area is 80.7 Å². The molecule has 1 heterocycles. The summed E-state index contributed by atoms with van der Waals surface area (Å²) in [5, 5.41) is 4.66. The normalized spacial score (nSPS) is 10.6. The Kier molecular flexibility index (Phi) is 2.28. The molecule has 0 amide bonds. The van der Waals surface area contributed by atoms with Crippen LogP contribution in [-0.2, 0) is 0 Å². The highest BCUT2D eigenvalue weighted by atomic mass is 16.5. The van der Waals surface area contributed by atoms with Gasteiger partial charge in [-0.2, -0.15) is 0 Å². The third kappa shape index (κ3) is 1.52. The van der Waals surface area contributed by atoms with Crippen molar-refractivity contribution in [2.45, 2.75) is 6.42 Å². The SMILES string of the molecule is NCCC(=O)c1ccc2conc2c1. The molecule has 1 aromatic heterocycles. The van der Waals surface area contributed by atoms with Gasteiger partial charge in [0.1, 0.15) is 11.8 Å². The molecule has 0 aliphatic heterocycles. The van der Waals surface area contributed by atoms with E-state index < -0.39 is 0 Å². The van der Waals surface area contributed by atoms with Crippen molar-refractivity contribution in [3.05, 3.63) is 30.0 Å². The average Bonchev–Trinajstić information content (AvgIpc) is 2.64. The number of nitrogens with zero attached hydrogens (tertiary/aromatic N) is 1. The number of carbonyl (C=O) groups excluding carboxylic acids is 1. The van der Waals surface area contributed by atoms with Crippen LogP contribution in [0, 0.1) is 0 Å². The van der Waals surface area contributed by atoms with Gasteiger partial charge in [0.25, 0.3) is 0 Å². The molecule has 0 bridgehead atoms. The molecule has 0 saturated heterocycles. The molecule has 0 aliphatic carbocycles. The molecule has 72 valence electrons. The number of rotatable bonds is 3. The van der Waals surface area contributed by atoms with Crippen molar-refractivity contribution in [2.24, 2.45) is 5.73 Å². The van der Waals surface area contributed by atoms with Crippen LogP contribution in [0.4, 0.5) is 0 Å². The number of benzene rings is 1. The van der Waals surface area contributed by atoms with Gasteiger partial charge < -0.3 is 10.3 Å². The highest BCUT2D eigenvalue weighted by molar-refractivity contribution is 5.99. The van der Waals surface area contributed by atoms with E-state index in [-0.39, 0.29) is 5.78 Å². The molecule has 0 radical (unpaired) electrons. The van der Waals surface area contributed by atoms with E-state index in [4.69, 9.17) is 10.3 Å². The van der Waals surface area contributed by atoms with Crippen LogP contribution in [0.25, 0.3) is 10.9 Å². The van der Waals surface area contributed by atoms with Gasteiger partial charge in [-0.25, -0.2) is 0 Å². The van der Waals surface area contributed by atoms with Crippen LogP contribution >= 0.6 is 0 Å². The molecule has 0 atom stereocenters. The van der Waals surface area contributed by atoms with Gasteiger partial charge >= 0.3 is 0 Å². The first kappa shape index (κ1) is 8.90. The minimum atomic E-state index is 0.0393. The summed E-state index contributed by atoms with van der Waals surface area (Å²) in [6, 6.07) is 5.30. The Morgan fingerprint density at radius 1 is 1.50 bits per heavy atom. The van der Waals surface area contributed by atoms with Gasteiger partial charge in [-0.1, -0.05) is 11.2 Å². The molecule has 1 aromatic carbocycles. The fraction of sp³-hybridized carbons (Fsp3) is 0.200. The molecule has 2 rings (SSSR count). The predicted octanol–water partition coefficient (Wildman–Crippen LogP) is 1.36. The molecule has 2 aromatic rings. The molecule has 0 spiro atoms. The van der Waals surface area contributed by atoms with Crippen molar-refractivity contribution >= 4 is 16.7 Å². The van der Waals surface area contributed by atoms with E-state index in [1.54, 1.807) is 18.4 Å². The van der Waals surface area contributed by atoms with Gasteiger partial charge in [-0.15, -0.1) is 0 Å². The Morgan fingerprint density at radius 2 is 2.36 bits per heavy atom. The van der Waals surface area contributed by atoms with Crippen molar-refractivity contribution in [1.29, 1.82) is 0 Å². The minimum absolute atomic E-state index is 0.0393. The number of ketones is 1. The van der Waals surface area contributed by atoms with Gasteiger partial charge in [0.15, 0.2) is 5.78 Å². The highest BCUT2D eigenvalue weighted by Crippen LogP contribution is 2.14. The summed E-state index contributed by atoms with van der Waals surface area (Å²) < 4.78 is 4.77. The lowest BCUT2D eigenvalue weighted by Gasteiger charge is -1.97. The zero-order chi connectivity index (χ0) is 9.97. The zero-order valence-electron chi connectivity index (χ0n) is 7.56. The lowest BCUT2D eigenvalue weighted by atomic mass is 10.1. The summed E-state index contributed by atoms with van der Waals surface area (Å²) in [6.45, 7) is 0.371. The number of aromatic nitrogens is 1. The van der Waals surface area contributed by atoms with E-state index >= 15 is 0 Å². The minimum Gasteiger partial charge on any atom is -0.364 e. The average molecular weight is 190 g/mol. The van der Waals surface area contributed by atoms with Crippen molar-refractivity contribution in [3.63, 3.8) is 0 Å². The topological polar surface area (TPSA) is 69.1 Å². The summed E-state index contributed by atoms with van der Waals surface area (Å²) in [5.41, 5.74) is 6.64. The van der Waals surface area contributed by atoms with Crippen molar-refractivity contribution < 1.29 is 9.32 Å². The van der Waals surface area contributed by atoms with E-state index in [1.807, 2.05) is 6.07 Å². The Bertz CT molecular complexity index is 462. The lowest BCUT2D eigenvalue weighted by molar-refractivity contribution is 0.0985. The zero-order valence-corrected chi connectivity index (χ0v) is 7.56. The molecule has 0 aliphatic rings. The second-order valence-corrected chi connectivity index (χ2v) is 3.05. The molecule has 0 unspecified atom stereocenters. The van der Waals surface area contributed by atoms with E-state index in [1.165, 1.54) is 0 Å². The van der Waals surface area contributed by atoms with E-state index in [0.29, 0.717) is 24.0 Å². The highest BCUT2D eigenvalue weighted by Gasteiger charge is 2.06. The van der Waals surface area contributed by atoms with E-state index in [2.05, 4.69) is 5.16 Å². The summed E-state index contributed by atoms with van der Waals surface area (Å²) in [4.78, 5) is 11.5. The van der Waals surface area contributed by atoms with Gasteiger partial charge in [-0.05, 0) is 18.7 Å². The maximum absolute atomic E-state index is 11.5. The van der Waals surface area contributed by atoms with Crippen LogP contribution in [0.1, 0.15) is 16.8 Å². The molecular weight excluding hydrogens is 180 g/mol. The van der Waals surface area contributed by atoms with Crippen LogP contribution in [0.15, 0.2) is 29.0 Å². The number of fused-ring (bicyclic) bond motifs is 1. The van der Waals surface area contributed by atoms with Crippen molar-refractivity contribution in [2.75, 3.05) is 6.54 Å². The number of nitrogens with two attached hydrogens (primary N) is 1. The van der Waals surface area contributed by atoms with Crippen LogP contribution in [-0.4, -0.2) is 17.5 Å². The summed E-state index contributed by atoms with van der Waals surface area (Å²) in [5.74, 6) is 0.0393. The Balaban J connectivity index is 2.38. The van der Waals surface area contributed by atoms with Crippen LogP contribution in [0.5, 0.6) is 0 Å². The first-order valence-corrected chi connectivity index (χ1v) is 4.38. The monoisotopic (exact) mass is 190 g/mol. The third-order valence-electron chi connectivity index (χ3n) is 2.05. The first-order valence-electron chi connectivity index (χ1n) is 4.38. The van der Waals surface area contributed by atoms with Crippen molar-refractivity contribution in [1.82, 2.24) is 5.16 Å². The van der Waals surface area contributed by atoms with Crippen molar-refractivity contribution in [3.8, 4) is 0 Å². The fourth-order valence-corrected chi connectivity index (χ4v) is 1.31. The van der Waals surface area contributed by atoms with Gasteiger partial charge in [0.05, 0.1) is 0 Å². The molecule has 4 nitrogen and oxygen atoms in total. The smallest absolute Gasteiger partial charge is 0.164 e. The molecule has 0 saturated carbocycles. The van der Waals surface area contributed by atoms with Gasteiger partial charge in [0, 0.05) is 17.4 Å². The van der Waals surface area contributed by atoms with Gasteiger partial charge in [-0.3, -0.25) is 4.79 Å². The first-order chi connectivity index (χ1) is 6.81. The number of hydrogen-bond acceptors (Lipinski definition) is 4. The third-order valence-corrected chi connectivity index (χ3v) is 2.05. The van der Waals surface area contributed by atoms with Gasteiger partial charge in [0.2, 0.25) is 0 Å². The lowest BCUT2D eigenvalue weighted by Crippen LogP contribution is -2.07. The number of Topliss-reactive ketones (excluding diaryl/α,β-unsaturated/α-hetero) is 1. The van der Waals surface area contributed by atoms with Crippen LogP contribution in [0.2, 0.25) is 0 Å². The number of carbonyl (C=O) groups is 1. The number of hydrogen-bond donors (Lipinski definition) is 1. The van der Waals surface area contributed by atoms with Crippen LogP contribution < -0.4 is 5.73 Å². The Morgan fingerprint density at radius 3 is 3.14 bits per heavy atom. The molecule has 14 heavy (non-hydrogen) atoms. The summed E-state index contributed by atoms with van der Waals surface area (Å²) in [6.07, 6.45) is 1.91. The maximum Gasteiger partial charge on any atom is 0.164 e. The fourth-order valence-electron chi connectivity index (χ4n) is 1.31. The second-order valence-electron chi connectivity index (χ2n) is 3.05. The summed E-state index contributed by atoms with van der Waals surface area (Å²) >= 11 is 0. The van der Waals surface area contributed by atoms with E-state index in [0.717, 1.165) is 5.39 Å². The molecule has 2 N–H and O–H groups in total. The second kappa shape index (κ2) is 3.59. The molecule has 0 fully saturated rings. The summed E-state index contributed by atoms with van der Waals surface area (Å²) in [7, 11) is 0. The Hall–Kier alpha value is -1.68. The molecule has 4 heteroatoms. The molecular formula is C10H10N2O2. The largest absolute Gasteiger partial charge is 0.364 e. The van der Waals surface area contributed by atoms with Crippen LogP contribution in [0.3, 0.4) is 0 Å². The maximum atomic E-state index is 11.5. The standard InChI is InChI=1S/C10H10N2O2/c11-4-3-10(13)7-1-2-8-6-14-12-9(8)5-7/h1-2,5-6H,3-4,11H2. The quantitative estimate of drug-likeness (QED) is 0.742. The predicted molar refractivity (Wildman–Crippen MR) is 52.0 cm³/mol. The van der Waals surface area contributed by atoms with E-state index in [9.17, 15) is 4.79 Å².